The Morgan fingerprint density at radius 2 is 2.14 bits per heavy atom. The molecule has 114 valence electrons. The maximum absolute atomic E-state index is 12.7. The number of aromatic nitrogens is 2. The van der Waals surface area contributed by atoms with E-state index >= 15 is 0 Å². The van der Waals surface area contributed by atoms with Gasteiger partial charge in [-0.1, -0.05) is 13.3 Å². The number of halogens is 3. The number of carbonyl (C=O) groups is 1. The van der Waals surface area contributed by atoms with E-state index in [-0.39, 0.29) is 16.7 Å². The summed E-state index contributed by atoms with van der Waals surface area (Å²) in [6.07, 6.45) is -2.75. The van der Waals surface area contributed by atoms with Gasteiger partial charge in [-0.3, -0.25) is 0 Å². The van der Waals surface area contributed by atoms with Crippen LogP contribution in [0.1, 0.15) is 25.3 Å². The number of benzene rings is 1. The average Bonchev–Trinajstić information content (AvgIpc) is 2.75. The number of nitrogens with two attached hydrogens (primary N) is 1. The molecule has 0 fully saturated rings. The molecule has 0 atom stereocenters. The van der Waals surface area contributed by atoms with E-state index in [0.29, 0.717) is 6.54 Å². The molecule has 8 heteroatoms. The molecule has 2 aromatic rings. The van der Waals surface area contributed by atoms with E-state index in [9.17, 15) is 18.0 Å². The first kappa shape index (κ1) is 15.1. The zero-order valence-electron chi connectivity index (χ0n) is 11.4. The molecular weight excluding hydrogens is 285 g/mol. The van der Waals surface area contributed by atoms with Crippen LogP contribution in [0.3, 0.4) is 0 Å². The van der Waals surface area contributed by atoms with Gasteiger partial charge in [-0.2, -0.15) is 17.9 Å². The second-order valence-corrected chi connectivity index (χ2v) is 4.61. The smallest absolute Gasteiger partial charge is 0.382 e. The zero-order valence-corrected chi connectivity index (χ0v) is 11.4. The normalized spacial score (nSPS) is 11.8. The van der Waals surface area contributed by atoms with Crippen LogP contribution in [0.4, 0.5) is 23.8 Å². The van der Waals surface area contributed by atoms with Gasteiger partial charge in [0.2, 0.25) is 0 Å². The maximum atomic E-state index is 12.7. The van der Waals surface area contributed by atoms with Crippen molar-refractivity contribution in [2.45, 2.75) is 25.9 Å². The average molecular weight is 300 g/mol. The van der Waals surface area contributed by atoms with Crippen LogP contribution in [0, 0.1) is 0 Å². The standard InChI is InChI=1S/C13H15F3N4O/c1-2-3-6-18-12(21)20-10-5-4-8(13(14,15)16)7-9(10)11(17)19-20/h4-5,7H,2-3,6H2,1H3,(H2,17,19)(H,18,21). The summed E-state index contributed by atoms with van der Waals surface area (Å²) in [6, 6.07) is 2.48. The SMILES string of the molecule is CCCCNC(=O)n1nc(N)c2cc(C(F)(F)F)ccc21. The third-order valence-electron chi connectivity index (χ3n) is 3.03. The fourth-order valence-corrected chi connectivity index (χ4v) is 1.92. The first-order chi connectivity index (χ1) is 9.84. The fourth-order valence-electron chi connectivity index (χ4n) is 1.92. The van der Waals surface area contributed by atoms with Crippen molar-refractivity contribution >= 4 is 22.8 Å². The van der Waals surface area contributed by atoms with Gasteiger partial charge in [-0.25, -0.2) is 4.79 Å². The minimum Gasteiger partial charge on any atom is -0.382 e. The molecule has 0 spiro atoms. The van der Waals surface area contributed by atoms with Crippen molar-refractivity contribution < 1.29 is 18.0 Å². The number of fused-ring (bicyclic) bond motifs is 1. The van der Waals surface area contributed by atoms with Gasteiger partial charge in [0.1, 0.15) is 0 Å². The number of nitrogens with zero attached hydrogens (tertiary/aromatic N) is 2. The van der Waals surface area contributed by atoms with Crippen molar-refractivity contribution in [2.75, 3.05) is 12.3 Å². The summed E-state index contributed by atoms with van der Waals surface area (Å²) in [5.74, 6) is -0.109. The lowest BCUT2D eigenvalue weighted by molar-refractivity contribution is -0.137. The molecule has 2 rings (SSSR count). The van der Waals surface area contributed by atoms with E-state index in [2.05, 4.69) is 10.4 Å². The highest BCUT2D eigenvalue weighted by molar-refractivity contribution is 5.96. The van der Waals surface area contributed by atoms with Crippen molar-refractivity contribution in [3.8, 4) is 0 Å². The van der Waals surface area contributed by atoms with E-state index < -0.39 is 17.8 Å². The molecule has 0 saturated heterocycles. The van der Waals surface area contributed by atoms with Gasteiger partial charge < -0.3 is 11.1 Å². The van der Waals surface area contributed by atoms with Gasteiger partial charge in [-0.15, -0.1) is 5.10 Å². The summed E-state index contributed by atoms with van der Waals surface area (Å²) >= 11 is 0. The third kappa shape index (κ3) is 3.09. The van der Waals surface area contributed by atoms with Crippen molar-refractivity contribution in [2.24, 2.45) is 0 Å². The largest absolute Gasteiger partial charge is 0.416 e. The Labute approximate surface area is 118 Å². The van der Waals surface area contributed by atoms with Gasteiger partial charge in [-0.05, 0) is 24.6 Å². The van der Waals surface area contributed by atoms with Crippen molar-refractivity contribution in [1.29, 1.82) is 0 Å². The molecule has 1 aromatic heterocycles. The van der Waals surface area contributed by atoms with Gasteiger partial charge in [0.15, 0.2) is 5.82 Å². The molecule has 3 N–H and O–H groups in total. The van der Waals surface area contributed by atoms with Crippen molar-refractivity contribution in [3.63, 3.8) is 0 Å². The molecule has 0 aliphatic rings. The Balaban J connectivity index is 2.37. The lowest BCUT2D eigenvalue weighted by Gasteiger charge is -2.07. The number of unbranched alkanes of at least 4 members (excludes halogenated alkanes) is 1. The number of nitrogen functional groups attached to an aromatic ring is 1. The summed E-state index contributed by atoms with van der Waals surface area (Å²) in [6.45, 7) is 2.45. The van der Waals surface area contributed by atoms with E-state index in [0.717, 1.165) is 29.7 Å². The van der Waals surface area contributed by atoms with Crippen molar-refractivity contribution in [3.05, 3.63) is 23.8 Å². The summed E-state index contributed by atoms with van der Waals surface area (Å²) in [5.41, 5.74) is 5.02. The monoisotopic (exact) mass is 300 g/mol. The number of hydrogen-bond acceptors (Lipinski definition) is 3. The van der Waals surface area contributed by atoms with Crippen LogP contribution in [0.15, 0.2) is 18.2 Å². The lowest BCUT2D eigenvalue weighted by Crippen LogP contribution is -2.30. The second-order valence-electron chi connectivity index (χ2n) is 4.61. The van der Waals surface area contributed by atoms with Crippen LogP contribution < -0.4 is 11.1 Å². The number of carbonyl (C=O) groups excluding carboxylic acids is 1. The molecule has 5 nitrogen and oxygen atoms in total. The van der Waals surface area contributed by atoms with Gasteiger partial charge >= 0.3 is 12.2 Å². The van der Waals surface area contributed by atoms with E-state index in [1.807, 2.05) is 6.92 Å². The highest BCUT2D eigenvalue weighted by Gasteiger charge is 2.31. The minimum absolute atomic E-state index is 0.107. The molecule has 1 heterocycles. The summed E-state index contributed by atoms with van der Waals surface area (Å²) in [5, 5.41) is 6.55. The third-order valence-corrected chi connectivity index (χ3v) is 3.03. The fraction of sp³-hybridized carbons (Fsp3) is 0.385. The molecule has 0 aliphatic carbocycles. The topological polar surface area (TPSA) is 72.9 Å². The number of rotatable bonds is 3. The Kier molecular flexibility index (Phi) is 4.06. The van der Waals surface area contributed by atoms with Crippen LogP contribution in [-0.4, -0.2) is 22.4 Å². The van der Waals surface area contributed by atoms with Crippen LogP contribution in [-0.2, 0) is 6.18 Å². The van der Waals surface area contributed by atoms with E-state index in [1.165, 1.54) is 6.07 Å². The number of alkyl halides is 3. The van der Waals surface area contributed by atoms with Crippen LogP contribution in [0.25, 0.3) is 10.9 Å². The highest BCUT2D eigenvalue weighted by Crippen LogP contribution is 2.32. The van der Waals surface area contributed by atoms with Gasteiger partial charge in [0.05, 0.1) is 11.1 Å². The molecule has 21 heavy (non-hydrogen) atoms. The zero-order chi connectivity index (χ0) is 15.6. The highest BCUT2D eigenvalue weighted by atomic mass is 19.4. The minimum atomic E-state index is -4.47. The first-order valence-corrected chi connectivity index (χ1v) is 6.48. The second kappa shape index (κ2) is 5.63. The predicted octanol–water partition coefficient (Wildman–Crippen LogP) is 3.00. The number of hydrogen-bond donors (Lipinski definition) is 2. The van der Waals surface area contributed by atoms with Gasteiger partial charge in [0.25, 0.3) is 0 Å². The molecular formula is C13H15F3N4O. The summed E-state index contributed by atoms with van der Waals surface area (Å²) in [7, 11) is 0. The molecule has 0 radical (unpaired) electrons. The Hall–Kier alpha value is -2.25. The molecule has 0 bridgehead atoms. The molecule has 0 aliphatic heterocycles. The quantitative estimate of drug-likeness (QED) is 0.856. The lowest BCUT2D eigenvalue weighted by atomic mass is 10.1. The molecule has 1 amide bonds. The Morgan fingerprint density at radius 3 is 2.76 bits per heavy atom. The van der Waals surface area contributed by atoms with E-state index in [1.54, 1.807) is 0 Å². The summed E-state index contributed by atoms with van der Waals surface area (Å²) in [4.78, 5) is 11.9. The molecule has 0 saturated carbocycles. The Bertz CT molecular complexity index is 663. The summed E-state index contributed by atoms with van der Waals surface area (Å²) < 4.78 is 39.0. The number of anilines is 1. The van der Waals surface area contributed by atoms with Crippen molar-refractivity contribution in [1.82, 2.24) is 15.1 Å². The first-order valence-electron chi connectivity index (χ1n) is 6.48. The Morgan fingerprint density at radius 1 is 1.43 bits per heavy atom. The number of amides is 1. The molecule has 1 aromatic carbocycles. The molecule has 0 unspecified atom stereocenters. The van der Waals surface area contributed by atoms with Crippen LogP contribution in [0.2, 0.25) is 0 Å². The van der Waals surface area contributed by atoms with Crippen LogP contribution >= 0.6 is 0 Å². The van der Waals surface area contributed by atoms with Gasteiger partial charge in [0, 0.05) is 11.9 Å². The predicted molar refractivity (Wildman–Crippen MR) is 72.9 cm³/mol. The van der Waals surface area contributed by atoms with Crippen LogP contribution in [0.5, 0.6) is 0 Å². The maximum Gasteiger partial charge on any atom is 0.416 e. The van der Waals surface area contributed by atoms with E-state index in [4.69, 9.17) is 5.73 Å². The number of nitrogens with one attached hydrogen (secondary N) is 1.